The molecule has 1 N–H and O–H groups in total. The lowest BCUT2D eigenvalue weighted by Crippen LogP contribution is -2.61. The second kappa shape index (κ2) is 4.87. The van der Waals surface area contributed by atoms with Crippen LogP contribution in [0, 0.1) is 0 Å². The number of halogens is 1. The van der Waals surface area contributed by atoms with Gasteiger partial charge in [0.1, 0.15) is 6.33 Å². The van der Waals surface area contributed by atoms with Gasteiger partial charge in [-0.25, -0.2) is 9.97 Å². The molecule has 0 aliphatic carbocycles. The lowest BCUT2D eigenvalue weighted by Gasteiger charge is -2.53. The fourth-order valence-electron chi connectivity index (χ4n) is 3.00. The van der Waals surface area contributed by atoms with E-state index in [2.05, 4.69) is 59.9 Å². The summed E-state index contributed by atoms with van der Waals surface area (Å²) >= 11 is 5.79. The molecule has 0 aromatic carbocycles. The molecule has 19 heavy (non-hydrogen) atoms. The SMILES string of the molecule is CN1C(C)(C)CC(Nc2ncnc(Cl)n2)CC1(C)C. The van der Waals surface area contributed by atoms with E-state index in [9.17, 15) is 0 Å². The zero-order valence-corrected chi connectivity index (χ0v) is 13.0. The first kappa shape index (κ1) is 14.5. The molecule has 1 aromatic rings. The van der Waals surface area contributed by atoms with Crippen LogP contribution in [0.4, 0.5) is 5.95 Å². The molecule has 1 aromatic heterocycles. The number of nitrogens with zero attached hydrogens (tertiary/aromatic N) is 4. The molecule has 2 heterocycles. The molecule has 5 nitrogen and oxygen atoms in total. The molecule has 0 radical (unpaired) electrons. The Labute approximate surface area is 119 Å². The lowest BCUT2D eigenvalue weighted by atomic mass is 9.77. The molecule has 0 atom stereocenters. The summed E-state index contributed by atoms with van der Waals surface area (Å²) in [6, 6.07) is 0.333. The number of hydrogen-bond donors (Lipinski definition) is 1. The smallest absolute Gasteiger partial charge is 0.227 e. The van der Waals surface area contributed by atoms with Gasteiger partial charge in [0.2, 0.25) is 11.2 Å². The summed E-state index contributed by atoms with van der Waals surface area (Å²) in [5.74, 6) is 0.557. The Morgan fingerprint density at radius 2 is 1.79 bits per heavy atom. The van der Waals surface area contributed by atoms with Crippen molar-refractivity contribution in [2.75, 3.05) is 12.4 Å². The van der Waals surface area contributed by atoms with E-state index in [1.165, 1.54) is 6.33 Å². The van der Waals surface area contributed by atoms with Crippen molar-refractivity contribution in [1.29, 1.82) is 0 Å². The van der Waals surface area contributed by atoms with Gasteiger partial charge in [0.15, 0.2) is 0 Å². The molecule has 1 saturated heterocycles. The Balaban J connectivity index is 2.14. The molecule has 1 aliphatic rings. The average Bonchev–Trinajstić information content (AvgIpc) is 2.25. The highest BCUT2D eigenvalue weighted by molar-refractivity contribution is 6.28. The maximum Gasteiger partial charge on any atom is 0.227 e. The van der Waals surface area contributed by atoms with Crippen molar-refractivity contribution < 1.29 is 0 Å². The Kier molecular flexibility index (Phi) is 3.71. The molecule has 6 heteroatoms. The van der Waals surface area contributed by atoms with E-state index in [0.717, 1.165) is 12.8 Å². The average molecular weight is 284 g/mol. The minimum Gasteiger partial charge on any atom is -0.351 e. The van der Waals surface area contributed by atoms with E-state index in [4.69, 9.17) is 11.6 Å². The predicted octanol–water partition coefficient (Wildman–Crippen LogP) is 2.59. The highest BCUT2D eigenvalue weighted by Gasteiger charge is 2.43. The molecule has 1 fully saturated rings. The van der Waals surface area contributed by atoms with Crippen LogP contribution in [0.5, 0.6) is 0 Å². The van der Waals surface area contributed by atoms with Crippen LogP contribution in [0.2, 0.25) is 5.28 Å². The van der Waals surface area contributed by atoms with Crippen LogP contribution in [0.3, 0.4) is 0 Å². The molecule has 0 saturated carbocycles. The van der Waals surface area contributed by atoms with Gasteiger partial charge in [-0.3, -0.25) is 4.90 Å². The molecule has 0 amide bonds. The molecule has 0 bridgehead atoms. The third-order valence-electron chi connectivity index (χ3n) is 4.18. The van der Waals surface area contributed by atoms with Crippen molar-refractivity contribution in [3.8, 4) is 0 Å². The molecular formula is C13H22ClN5. The van der Waals surface area contributed by atoms with E-state index in [1.54, 1.807) is 0 Å². The number of anilines is 1. The number of piperidine rings is 1. The predicted molar refractivity (Wildman–Crippen MR) is 77.4 cm³/mol. The van der Waals surface area contributed by atoms with E-state index in [-0.39, 0.29) is 16.4 Å². The number of nitrogens with one attached hydrogen (secondary N) is 1. The van der Waals surface area contributed by atoms with Crippen molar-refractivity contribution in [3.05, 3.63) is 11.6 Å². The topological polar surface area (TPSA) is 53.9 Å². The third kappa shape index (κ3) is 3.15. The van der Waals surface area contributed by atoms with Crippen LogP contribution < -0.4 is 5.32 Å². The molecule has 2 rings (SSSR count). The lowest BCUT2D eigenvalue weighted by molar-refractivity contribution is -0.00778. The first-order valence-electron chi connectivity index (χ1n) is 6.56. The second-order valence-corrected chi connectivity index (χ2v) is 6.85. The fourth-order valence-corrected chi connectivity index (χ4v) is 3.13. The van der Waals surface area contributed by atoms with Gasteiger partial charge in [0, 0.05) is 17.1 Å². The minimum absolute atomic E-state index is 0.135. The van der Waals surface area contributed by atoms with Crippen molar-refractivity contribution in [3.63, 3.8) is 0 Å². The molecule has 0 spiro atoms. The highest BCUT2D eigenvalue weighted by Crippen LogP contribution is 2.37. The van der Waals surface area contributed by atoms with E-state index < -0.39 is 0 Å². The van der Waals surface area contributed by atoms with E-state index in [0.29, 0.717) is 12.0 Å². The summed E-state index contributed by atoms with van der Waals surface area (Å²) in [5, 5.41) is 3.61. The second-order valence-electron chi connectivity index (χ2n) is 6.51. The molecule has 106 valence electrons. The van der Waals surface area contributed by atoms with Gasteiger partial charge in [0.25, 0.3) is 0 Å². The van der Waals surface area contributed by atoms with Gasteiger partial charge in [-0.2, -0.15) is 4.98 Å². The van der Waals surface area contributed by atoms with Crippen LogP contribution in [-0.4, -0.2) is 44.0 Å². The Morgan fingerprint density at radius 3 is 2.32 bits per heavy atom. The summed E-state index contributed by atoms with van der Waals surface area (Å²) in [6.07, 6.45) is 3.51. The maximum atomic E-state index is 5.79. The first-order valence-corrected chi connectivity index (χ1v) is 6.93. The normalized spacial score (nSPS) is 23.3. The van der Waals surface area contributed by atoms with Gasteiger partial charge in [-0.15, -0.1) is 0 Å². The van der Waals surface area contributed by atoms with Crippen LogP contribution in [0.25, 0.3) is 0 Å². The first-order chi connectivity index (χ1) is 8.71. The van der Waals surface area contributed by atoms with Crippen LogP contribution in [-0.2, 0) is 0 Å². The third-order valence-corrected chi connectivity index (χ3v) is 4.37. The van der Waals surface area contributed by atoms with Crippen LogP contribution in [0.1, 0.15) is 40.5 Å². The summed E-state index contributed by atoms with van der Waals surface area (Å²) in [6.45, 7) is 9.07. The Bertz CT molecular complexity index is 442. The van der Waals surface area contributed by atoms with E-state index in [1.807, 2.05) is 0 Å². The number of rotatable bonds is 2. The maximum absolute atomic E-state index is 5.79. The Hall–Kier alpha value is -0.940. The quantitative estimate of drug-likeness (QED) is 0.904. The minimum atomic E-state index is 0.135. The van der Waals surface area contributed by atoms with Gasteiger partial charge >= 0.3 is 0 Å². The molecular weight excluding hydrogens is 262 g/mol. The molecule has 0 unspecified atom stereocenters. The van der Waals surface area contributed by atoms with Gasteiger partial charge < -0.3 is 5.32 Å². The monoisotopic (exact) mass is 283 g/mol. The molecule has 1 aliphatic heterocycles. The van der Waals surface area contributed by atoms with Crippen molar-refractivity contribution >= 4 is 17.5 Å². The van der Waals surface area contributed by atoms with E-state index >= 15 is 0 Å². The zero-order chi connectivity index (χ0) is 14.3. The highest BCUT2D eigenvalue weighted by atomic mass is 35.5. The summed E-state index contributed by atoms with van der Waals surface area (Å²) in [5.41, 5.74) is 0.270. The summed E-state index contributed by atoms with van der Waals surface area (Å²) < 4.78 is 0. The Morgan fingerprint density at radius 1 is 1.21 bits per heavy atom. The van der Waals surface area contributed by atoms with Crippen LogP contribution >= 0.6 is 11.6 Å². The van der Waals surface area contributed by atoms with Crippen molar-refractivity contribution in [2.45, 2.75) is 57.7 Å². The largest absolute Gasteiger partial charge is 0.351 e. The number of aromatic nitrogens is 3. The van der Waals surface area contributed by atoms with Crippen molar-refractivity contribution in [1.82, 2.24) is 19.9 Å². The van der Waals surface area contributed by atoms with Gasteiger partial charge in [-0.05, 0) is 59.2 Å². The van der Waals surface area contributed by atoms with Crippen LogP contribution in [0.15, 0.2) is 6.33 Å². The van der Waals surface area contributed by atoms with Gasteiger partial charge in [0.05, 0.1) is 0 Å². The number of likely N-dealkylation sites (tertiary alicyclic amines) is 1. The van der Waals surface area contributed by atoms with Gasteiger partial charge in [-0.1, -0.05) is 0 Å². The fraction of sp³-hybridized carbons (Fsp3) is 0.769. The van der Waals surface area contributed by atoms with Crippen molar-refractivity contribution in [2.24, 2.45) is 0 Å². The number of hydrogen-bond acceptors (Lipinski definition) is 5. The summed E-state index contributed by atoms with van der Waals surface area (Å²) in [4.78, 5) is 14.5. The summed E-state index contributed by atoms with van der Waals surface area (Å²) in [7, 11) is 2.19. The standard InChI is InChI=1S/C13H22ClN5/c1-12(2)6-9(7-13(3,4)19(12)5)17-11-16-8-15-10(14)18-11/h8-9H,6-7H2,1-5H3,(H,15,16,17,18). The zero-order valence-electron chi connectivity index (χ0n) is 12.2.